The van der Waals surface area contributed by atoms with Gasteiger partial charge in [-0.2, -0.15) is 0 Å². The third-order valence-corrected chi connectivity index (χ3v) is 2.74. The fourth-order valence-corrected chi connectivity index (χ4v) is 1.73. The van der Waals surface area contributed by atoms with Gasteiger partial charge in [-0.25, -0.2) is 4.79 Å². The molecule has 0 bridgehead atoms. The first-order chi connectivity index (χ1) is 9.65. The van der Waals surface area contributed by atoms with Gasteiger partial charge in [-0.05, 0) is 19.1 Å². The van der Waals surface area contributed by atoms with Gasteiger partial charge in [0.25, 0.3) is 6.29 Å². The van der Waals surface area contributed by atoms with Crippen LogP contribution in [-0.2, 0) is 19.0 Å². The molecular formula is C16H18O4. The Kier molecular flexibility index (Phi) is 4.82. The van der Waals surface area contributed by atoms with Crippen LogP contribution in [0, 0.1) is 0 Å². The smallest absolute Gasteiger partial charge is 0.333 e. The summed E-state index contributed by atoms with van der Waals surface area (Å²) in [7, 11) is 0. The van der Waals surface area contributed by atoms with E-state index in [0.29, 0.717) is 5.57 Å². The monoisotopic (exact) mass is 274 g/mol. The van der Waals surface area contributed by atoms with Crippen LogP contribution in [0.1, 0.15) is 19.8 Å². The van der Waals surface area contributed by atoms with E-state index in [1.54, 1.807) is 6.92 Å². The zero-order valence-corrected chi connectivity index (χ0v) is 11.5. The van der Waals surface area contributed by atoms with Crippen molar-refractivity contribution in [1.29, 1.82) is 0 Å². The number of hydrogen-bond acceptors (Lipinski definition) is 4. The molecule has 0 heterocycles. The summed E-state index contributed by atoms with van der Waals surface area (Å²) >= 11 is 0. The lowest BCUT2D eigenvalue weighted by Gasteiger charge is -2.21. The highest BCUT2D eigenvalue weighted by Crippen LogP contribution is 2.20. The molecule has 106 valence electrons. The molecule has 0 aromatic rings. The van der Waals surface area contributed by atoms with Crippen molar-refractivity contribution in [2.24, 2.45) is 0 Å². The van der Waals surface area contributed by atoms with Gasteiger partial charge in [0.1, 0.15) is 11.5 Å². The van der Waals surface area contributed by atoms with E-state index in [1.807, 2.05) is 36.5 Å². The van der Waals surface area contributed by atoms with Crippen molar-refractivity contribution in [3.8, 4) is 0 Å². The molecule has 2 rings (SSSR count). The van der Waals surface area contributed by atoms with E-state index in [-0.39, 0.29) is 6.61 Å². The largest absolute Gasteiger partial charge is 0.455 e. The van der Waals surface area contributed by atoms with Gasteiger partial charge in [0.2, 0.25) is 0 Å². The van der Waals surface area contributed by atoms with E-state index in [4.69, 9.17) is 14.2 Å². The SMILES string of the molecule is C=C(C)C(=O)OCC(OC1=CC=CC1)OC1=CC=CC1. The van der Waals surface area contributed by atoms with Crippen LogP contribution >= 0.6 is 0 Å². The number of ether oxygens (including phenoxy) is 3. The molecule has 2 aliphatic rings. The molecule has 20 heavy (non-hydrogen) atoms. The lowest BCUT2D eigenvalue weighted by atomic mass is 10.4. The predicted octanol–water partition coefficient (Wildman–Crippen LogP) is 3.15. The molecule has 0 aliphatic heterocycles. The maximum absolute atomic E-state index is 11.4. The molecule has 0 amide bonds. The summed E-state index contributed by atoms with van der Waals surface area (Å²) in [4.78, 5) is 11.4. The molecule has 0 unspecified atom stereocenters. The van der Waals surface area contributed by atoms with Gasteiger partial charge in [0.05, 0.1) is 0 Å². The van der Waals surface area contributed by atoms with Crippen molar-refractivity contribution in [2.75, 3.05) is 6.61 Å². The van der Waals surface area contributed by atoms with Crippen LogP contribution in [0.3, 0.4) is 0 Å². The zero-order chi connectivity index (χ0) is 14.4. The van der Waals surface area contributed by atoms with Crippen molar-refractivity contribution in [1.82, 2.24) is 0 Å². The van der Waals surface area contributed by atoms with E-state index in [2.05, 4.69) is 6.58 Å². The zero-order valence-electron chi connectivity index (χ0n) is 11.5. The number of rotatable bonds is 7. The Hall–Kier alpha value is -2.23. The fraction of sp³-hybridized carbons (Fsp3) is 0.312. The van der Waals surface area contributed by atoms with Crippen molar-refractivity contribution in [3.63, 3.8) is 0 Å². The van der Waals surface area contributed by atoms with Crippen molar-refractivity contribution in [2.45, 2.75) is 26.1 Å². The van der Waals surface area contributed by atoms with Crippen LogP contribution in [0.15, 0.2) is 60.1 Å². The third-order valence-electron chi connectivity index (χ3n) is 2.74. The Morgan fingerprint density at radius 1 is 1.20 bits per heavy atom. The van der Waals surface area contributed by atoms with Gasteiger partial charge in [-0.3, -0.25) is 0 Å². The Morgan fingerprint density at radius 2 is 1.75 bits per heavy atom. The number of hydrogen-bond donors (Lipinski definition) is 0. The highest BCUT2D eigenvalue weighted by molar-refractivity contribution is 5.86. The van der Waals surface area contributed by atoms with Gasteiger partial charge in [0.15, 0.2) is 6.61 Å². The third kappa shape index (κ3) is 4.16. The second-order valence-electron chi connectivity index (χ2n) is 4.57. The van der Waals surface area contributed by atoms with Crippen molar-refractivity contribution < 1.29 is 19.0 Å². The maximum Gasteiger partial charge on any atom is 0.333 e. The van der Waals surface area contributed by atoms with Crippen LogP contribution in [0.4, 0.5) is 0 Å². The van der Waals surface area contributed by atoms with Gasteiger partial charge < -0.3 is 14.2 Å². The minimum absolute atomic E-state index is 0.0281. The normalized spacial score (nSPS) is 16.1. The highest BCUT2D eigenvalue weighted by atomic mass is 16.7. The summed E-state index contributed by atoms with van der Waals surface area (Å²) in [6.07, 6.45) is 12.4. The molecule has 0 atom stereocenters. The average molecular weight is 274 g/mol. The Bertz CT molecular complexity index is 477. The Balaban J connectivity index is 1.88. The highest BCUT2D eigenvalue weighted by Gasteiger charge is 2.18. The predicted molar refractivity (Wildman–Crippen MR) is 75.4 cm³/mol. The van der Waals surface area contributed by atoms with Crippen LogP contribution < -0.4 is 0 Å². The Morgan fingerprint density at radius 3 is 2.15 bits per heavy atom. The number of carbonyl (C=O) groups excluding carboxylic acids is 1. The van der Waals surface area contributed by atoms with Crippen LogP contribution in [0.25, 0.3) is 0 Å². The molecule has 2 aliphatic carbocycles. The van der Waals surface area contributed by atoms with Gasteiger partial charge in [-0.1, -0.05) is 30.9 Å². The summed E-state index contributed by atoms with van der Waals surface area (Å²) in [6.45, 7) is 5.17. The molecule has 0 saturated heterocycles. The summed E-state index contributed by atoms with van der Waals surface area (Å²) < 4.78 is 16.5. The molecule has 0 saturated carbocycles. The minimum atomic E-state index is -0.643. The van der Waals surface area contributed by atoms with Crippen LogP contribution in [-0.4, -0.2) is 18.9 Å². The van der Waals surface area contributed by atoms with Gasteiger partial charge in [-0.15, -0.1) is 0 Å². The molecular weight excluding hydrogens is 256 g/mol. The molecule has 0 radical (unpaired) electrons. The lowest BCUT2D eigenvalue weighted by molar-refractivity contribution is -0.158. The van der Waals surface area contributed by atoms with E-state index in [1.165, 1.54) is 0 Å². The van der Waals surface area contributed by atoms with E-state index >= 15 is 0 Å². The maximum atomic E-state index is 11.4. The van der Waals surface area contributed by atoms with Crippen LogP contribution in [0.2, 0.25) is 0 Å². The summed E-state index contributed by atoms with van der Waals surface area (Å²) in [5.41, 5.74) is 0.354. The standard InChI is InChI=1S/C16H18O4/c1-12(2)16(17)18-11-15(19-13-7-3-4-8-13)20-14-9-5-6-10-14/h3-7,9,15H,1,8,10-11H2,2H3. The van der Waals surface area contributed by atoms with E-state index < -0.39 is 12.3 Å². The molecule has 0 fully saturated rings. The van der Waals surface area contributed by atoms with Crippen LogP contribution in [0.5, 0.6) is 0 Å². The molecule has 0 aromatic carbocycles. The number of carbonyl (C=O) groups is 1. The van der Waals surface area contributed by atoms with Crippen molar-refractivity contribution in [3.05, 3.63) is 60.1 Å². The molecule has 4 heteroatoms. The van der Waals surface area contributed by atoms with E-state index in [0.717, 1.165) is 24.4 Å². The molecule has 0 aromatic heterocycles. The first kappa shape index (κ1) is 14.2. The fourth-order valence-electron chi connectivity index (χ4n) is 1.73. The minimum Gasteiger partial charge on any atom is -0.455 e. The summed E-state index contributed by atoms with van der Waals surface area (Å²) in [5.74, 6) is 1.15. The molecule has 0 N–H and O–H groups in total. The lowest BCUT2D eigenvalue weighted by Crippen LogP contribution is -2.25. The first-order valence-electron chi connectivity index (χ1n) is 6.52. The number of esters is 1. The molecule has 4 nitrogen and oxygen atoms in total. The van der Waals surface area contributed by atoms with Gasteiger partial charge in [0, 0.05) is 18.4 Å². The quantitative estimate of drug-likeness (QED) is 0.406. The average Bonchev–Trinajstić information content (AvgIpc) is 3.08. The van der Waals surface area contributed by atoms with Gasteiger partial charge >= 0.3 is 5.97 Å². The molecule has 0 spiro atoms. The summed E-state index contributed by atoms with van der Waals surface area (Å²) in [6, 6.07) is 0. The first-order valence-corrected chi connectivity index (χ1v) is 6.52. The van der Waals surface area contributed by atoms with E-state index in [9.17, 15) is 4.79 Å². The Labute approximate surface area is 118 Å². The second-order valence-corrected chi connectivity index (χ2v) is 4.57. The topological polar surface area (TPSA) is 44.8 Å². The number of allylic oxidation sites excluding steroid dienone is 6. The second kappa shape index (κ2) is 6.80. The summed E-state index contributed by atoms with van der Waals surface area (Å²) in [5, 5.41) is 0. The van der Waals surface area contributed by atoms with Crippen molar-refractivity contribution >= 4 is 5.97 Å².